The van der Waals surface area contributed by atoms with Crippen molar-refractivity contribution in [2.45, 2.75) is 24.7 Å². The third-order valence-corrected chi connectivity index (χ3v) is 6.38. The maximum absolute atomic E-state index is 13.7. The molecule has 3 aromatic rings. The first-order chi connectivity index (χ1) is 18.8. The molecule has 3 aromatic carbocycles. The fraction of sp³-hybridized carbons (Fsp3) is 0.310. The van der Waals surface area contributed by atoms with Crippen LogP contribution in [0.5, 0.6) is 5.75 Å². The van der Waals surface area contributed by atoms with Crippen LogP contribution < -0.4 is 15.4 Å². The number of hydrogen-bond acceptors (Lipinski definition) is 5. The molecule has 0 radical (unpaired) electrons. The second-order valence-corrected chi connectivity index (χ2v) is 9.09. The Hall–Kier alpha value is -4.05. The number of morpholine rings is 1. The SMILES string of the molecule is O=C(NC(CNc1ccc(OC(F)(F)F)cc1)c1ccccc1)[C@@H](CC(=O)N1CCOCC1)c1ccccc1. The van der Waals surface area contributed by atoms with Crippen LogP contribution in [0.2, 0.25) is 0 Å². The molecule has 0 aliphatic carbocycles. The molecule has 206 valence electrons. The number of benzene rings is 3. The molecule has 7 nitrogen and oxygen atoms in total. The number of carbonyl (C=O) groups is 2. The molecule has 2 atom stereocenters. The normalized spacial score (nSPS) is 15.2. The van der Waals surface area contributed by atoms with Gasteiger partial charge < -0.3 is 25.0 Å². The van der Waals surface area contributed by atoms with Gasteiger partial charge in [0.2, 0.25) is 11.8 Å². The Morgan fingerprint density at radius 2 is 1.46 bits per heavy atom. The van der Waals surface area contributed by atoms with Crippen LogP contribution in [0, 0.1) is 0 Å². The second kappa shape index (κ2) is 13.1. The van der Waals surface area contributed by atoms with Crippen molar-refractivity contribution in [3.05, 3.63) is 96.1 Å². The summed E-state index contributed by atoms with van der Waals surface area (Å²) in [6.07, 6.45) is -4.75. The molecule has 0 bridgehead atoms. The minimum Gasteiger partial charge on any atom is -0.406 e. The molecule has 2 N–H and O–H groups in total. The summed E-state index contributed by atoms with van der Waals surface area (Å²) < 4.78 is 46.7. The Bertz CT molecular complexity index is 1200. The van der Waals surface area contributed by atoms with E-state index >= 15 is 0 Å². The molecule has 1 aliphatic rings. The third kappa shape index (κ3) is 8.47. The Morgan fingerprint density at radius 3 is 2.05 bits per heavy atom. The minimum atomic E-state index is -4.77. The van der Waals surface area contributed by atoms with Gasteiger partial charge in [-0.25, -0.2) is 0 Å². The summed E-state index contributed by atoms with van der Waals surface area (Å²) in [7, 11) is 0. The number of ether oxygens (including phenoxy) is 2. The standard InChI is InChI=1S/C29H30F3N3O4/c30-29(31,32)39-24-13-11-23(12-14-24)33-20-26(22-9-5-2-6-10-22)34-28(37)25(21-7-3-1-4-8-21)19-27(36)35-15-17-38-18-16-35/h1-14,25-26,33H,15-20H2,(H,34,37)/t25-,26?/m0/s1. The lowest BCUT2D eigenvalue weighted by atomic mass is 9.93. The number of alkyl halides is 3. The highest BCUT2D eigenvalue weighted by molar-refractivity contribution is 5.90. The van der Waals surface area contributed by atoms with E-state index in [1.165, 1.54) is 24.3 Å². The molecule has 1 heterocycles. The van der Waals surface area contributed by atoms with Gasteiger partial charge in [0.1, 0.15) is 5.75 Å². The first-order valence-corrected chi connectivity index (χ1v) is 12.6. The predicted molar refractivity (Wildman–Crippen MR) is 140 cm³/mol. The number of nitrogens with one attached hydrogen (secondary N) is 2. The molecule has 1 fully saturated rings. The van der Waals surface area contributed by atoms with E-state index in [1.54, 1.807) is 4.90 Å². The van der Waals surface area contributed by atoms with Gasteiger partial charge in [0.15, 0.2) is 0 Å². The van der Waals surface area contributed by atoms with Gasteiger partial charge in [-0.3, -0.25) is 9.59 Å². The molecule has 4 rings (SSSR count). The van der Waals surface area contributed by atoms with Crippen LogP contribution in [0.4, 0.5) is 18.9 Å². The minimum absolute atomic E-state index is 0.0193. The van der Waals surface area contributed by atoms with Gasteiger partial charge in [0.25, 0.3) is 0 Å². The molecule has 10 heteroatoms. The summed E-state index contributed by atoms with van der Waals surface area (Å²) in [5.41, 5.74) is 2.13. The van der Waals surface area contributed by atoms with Crippen LogP contribution in [0.1, 0.15) is 29.5 Å². The molecule has 1 unspecified atom stereocenters. The first-order valence-electron chi connectivity index (χ1n) is 12.6. The third-order valence-electron chi connectivity index (χ3n) is 6.38. The fourth-order valence-corrected chi connectivity index (χ4v) is 4.37. The number of anilines is 1. The smallest absolute Gasteiger partial charge is 0.406 e. The molecule has 1 saturated heterocycles. The number of carbonyl (C=O) groups excluding carboxylic acids is 2. The van der Waals surface area contributed by atoms with E-state index in [1.807, 2.05) is 60.7 Å². The van der Waals surface area contributed by atoms with E-state index in [4.69, 9.17) is 4.74 Å². The van der Waals surface area contributed by atoms with Crippen molar-refractivity contribution in [1.29, 1.82) is 0 Å². The molecule has 0 saturated carbocycles. The van der Waals surface area contributed by atoms with E-state index in [-0.39, 0.29) is 30.5 Å². The van der Waals surface area contributed by atoms with Crippen molar-refractivity contribution >= 4 is 17.5 Å². The van der Waals surface area contributed by atoms with Crippen molar-refractivity contribution < 1.29 is 32.2 Å². The van der Waals surface area contributed by atoms with Gasteiger partial charge in [0, 0.05) is 31.7 Å². The largest absolute Gasteiger partial charge is 0.573 e. The average molecular weight is 542 g/mol. The number of hydrogen-bond donors (Lipinski definition) is 2. The molecule has 1 aliphatic heterocycles. The van der Waals surface area contributed by atoms with Crippen LogP contribution in [-0.4, -0.2) is 55.9 Å². The highest BCUT2D eigenvalue weighted by Gasteiger charge is 2.31. The molecular formula is C29H30F3N3O4. The summed E-state index contributed by atoms with van der Waals surface area (Å²) in [5, 5.41) is 6.25. The monoisotopic (exact) mass is 541 g/mol. The summed E-state index contributed by atoms with van der Waals surface area (Å²) >= 11 is 0. The van der Waals surface area contributed by atoms with Crippen molar-refractivity contribution in [3.8, 4) is 5.75 Å². The topological polar surface area (TPSA) is 79.9 Å². The predicted octanol–water partition coefficient (Wildman–Crippen LogP) is 4.89. The summed E-state index contributed by atoms with van der Waals surface area (Å²) in [6, 6.07) is 23.4. The van der Waals surface area contributed by atoms with E-state index in [0.29, 0.717) is 32.0 Å². The number of halogens is 3. The van der Waals surface area contributed by atoms with Crippen LogP contribution >= 0.6 is 0 Å². The first kappa shape index (κ1) is 28.0. The lowest BCUT2D eigenvalue weighted by Crippen LogP contribution is -2.43. The van der Waals surface area contributed by atoms with E-state index < -0.39 is 18.3 Å². The Labute approximate surface area is 224 Å². The van der Waals surface area contributed by atoms with Crippen LogP contribution in [-0.2, 0) is 14.3 Å². The molecule has 0 aromatic heterocycles. The van der Waals surface area contributed by atoms with Crippen molar-refractivity contribution in [3.63, 3.8) is 0 Å². The van der Waals surface area contributed by atoms with Crippen LogP contribution in [0.15, 0.2) is 84.9 Å². The zero-order chi connectivity index (χ0) is 27.7. The Balaban J connectivity index is 1.49. The fourth-order valence-electron chi connectivity index (χ4n) is 4.37. The van der Waals surface area contributed by atoms with Crippen molar-refractivity contribution in [2.75, 3.05) is 38.2 Å². The average Bonchev–Trinajstić information content (AvgIpc) is 2.95. The van der Waals surface area contributed by atoms with Gasteiger partial charge in [0.05, 0.1) is 25.2 Å². The van der Waals surface area contributed by atoms with Gasteiger partial charge in [-0.15, -0.1) is 13.2 Å². The Kier molecular flexibility index (Phi) is 9.43. The van der Waals surface area contributed by atoms with E-state index in [0.717, 1.165) is 11.1 Å². The summed E-state index contributed by atoms with van der Waals surface area (Å²) in [6.45, 7) is 2.18. The number of rotatable bonds is 10. The highest BCUT2D eigenvalue weighted by Crippen LogP contribution is 2.26. The van der Waals surface area contributed by atoms with E-state index in [2.05, 4.69) is 15.4 Å². The quantitative estimate of drug-likeness (QED) is 0.382. The number of amides is 2. The molecule has 39 heavy (non-hydrogen) atoms. The zero-order valence-electron chi connectivity index (χ0n) is 21.2. The van der Waals surface area contributed by atoms with Gasteiger partial charge in [-0.05, 0) is 35.4 Å². The molecule has 2 amide bonds. The number of nitrogens with zero attached hydrogens (tertiary/aromatic N) is 1. The van der Waals surface area contributed by atoms with Crippen molar-refractivity contribution in [1.82, 2.24) is 10.2 Å². The van der Waals surface area contributed by atoms with Gasteiger partial charge >= 0.3 is 6.36 Å². The molecular weight excluding hydrogens is 511 g/mol. The van der Waals surface area contributed by atoms with E-state index in [9.17, 15) is 22.8 Å². The summed E-state index contributed by atoms with van der Waals surface area (Å²) in [5.74, 6) is -1.44. The molecule has 0 spiro atoms. The van der Waals surface area contributed by atoms with Crippen LogP contribution in [0.3, 0.4) is 0 Å². The lowest BCUT2D eigenvalue weighted by Gasteiger charge is -2.29. The maximum atomic E-state index is 13.7. The van der Waals surface area contributed by atoms with Crippen molar-refractivity contribution in [2.24, 2.45) is 0 Å². The zero-order valence-corrected chi connectivity index (χ0v) is 21.2. The second-order valence-electron chi connectivity index (χ2n) is 9.09. The summed E-state index contributed by atoms with van der Waals surface area (Å²) in [4.78, 5) is 28.5. The Morgan fingerprint density at radius 1 is 0.872 bits per heavy atom. The maximum Gasteiger partial charge on any atom is 0.573 e. The van der Waals surface area contributed by atoms with Gasteiger partial charge in [-0.1, -0.05) is 60.7 Å². The van der Waals surface area contributed by atoms with Crippen LogP contribution in [0.25, 0.3) is 0 Å². The highest BCUT2D eigenvalue weighted by atomic mass is 19.4. The lowest BCUT2D eigenvalue weighted by molar-refractivity contribution is -0.274. The van der Waals surface area contributed by atoms with Gasteiger partial charge in [-0.2, -0.15) is 0 Å².